The standard InChI is InChI=1S/C10H24N2/c1-3-5-6-9-12(4-2)10-7-8-11/h3-11H2,1-2H3. The molecule has 0 aliphatic heterocycles. The molecule has 2 nitrogen and oxygen atoms in total. The lowest BCUT2D eigenvalue weighted by molar-refractivity contribution is 0.280. The lowest BCUT2D eigenvalue weighted by atomic mass is 10.2. The fourth-order valence-corrected chi connectivity index (χ4v) is 1.33. The largest absolute Gasteiger partial charge is 0.330 e. The molecule has 12 heavy (non-hydrogen) atoms. The number of hydrogen-bond donors (Lipinski definition) is 1. The average Bonchev–Trinajstić information content (AvgIpc) is 2.11. The van der Waals surface area contributed by atoms with Crippen molar-refractivity contribution in [3.8, 4) is 0 Å². The number of hydrogen-bond acceptors (Lipinski definition) is 2. The zero-order valence-electron chi connectivity index (χ0n) is 8.68. The molecule has 0 radical (unpaired) electrons. The van der Waals surface area contributed by atoms with Crippen LogP contribution >= 0.6 is 0 Å². The minimum absolute atomic E-state index is 0.824. The Kier molecular flexibility index (Phi) is 8.95. The van der Waals surface area contributed by atoms with E-state index in [2.05, 4.69) is 18.7 Å². The SMILES string of the molecule is CCCCCN(CC)CCCN. The highest BCUT2D eigenvalue weighted by Gasteiger charge is 1.99. The summed E-state index contributed by atoms with van der Waals surface area (Å²) in [5.41, 5.74) is 5.46. The topological polar surface area (TPSA) is 29.3 Å². The molecule has 0 heterocycles. The van der Waals surface area contributed by atoms with E-state index in [1.54, 1.807) is 0 Å². The van der Waals surface area contributed by atoms with E-state index in [1.165, 1.54) is 38.9 Å². The molecule has 0 aromatic rings. The summed E-state index contributed by atoms with van der Waals surface area (Å²) in [5.74, 6) is 0. The highest BCUT2D eigenvalue weighted by atomic mass is 15.1. The van der Waals surface area contributed by atoms with E-state index in [0.29, 0.717) is 0 Å². The van der Waals surface area contributed by atoms with Gasteiger partial charge in [0.1, 0.15) is 0 Å². The van der Waals surface area contributed by atoms with Crippen LogP contribution in [0.5, 0.6) is 0 Å². The zero-order valence-corrected chi connectivity index (χ0v) is 8.68. The summed E-state index contributed by atoms with van der Waals surface area (Å²) >= 11 is 0. The van der Waals surface area contributed by atoms with Gasteiger partial charge in [0.2, 0.25) is 0 Å². The van der Waals surface area contributed by atoms with Crippen molar-refractivity contribution in [2.45, 2.75) is 39.5 Å². The van der Waals surface area contributed by atoms with Crippen LogP contribution in [-0.2, 0) is 0 Å². The minimum atomic E-state index is 0.824. The maximum atomic E-state index is 5.46. The second kappa shape index (κ2) is 9.01. The van der Waals surface area contributed by atoms with Crippen LogP contribution in [0.15, 0.2) is 0 Å². The molecule has 0 saturated carbocycles. The van der Waals surface area contributed by atoms with Gasteiger partial charge in [-0.25, -0.2) is 0 Å². The predicted octanol–water partition coefficient (Wildman–Crippen LogP) is 1.85. The summed E-state index contributed by atoms with van der Waals surface area (Å²) in [6.07, 6.45) is 5.16. The predicted molar refractivity (Wildman–Crippen MR) is 55.3 cm³/mol. The second-order valence-electron chi connectivity index (χ2n) is 3.28. The van der Waals surface area contributed by atoms with Crippen molar-refractivity contribution in [2.24, 2.45) is 5.73 Å². The van der Waals surface area contributed by atoms with E-state index in [1.807, 2.05) is 0 Å². The molecule has 0 atom stereocenters. The molecule has 0 saturated heterocycles. The van der Waals surface area contributed by atoms with Crippen LogP contribution < -0.4 is 5.73 Å². The van der Waals surface area contributed by atoms with Gasteiger partial charge in [-0.3, -0.25) is 0 Å². The molecule has 0 rings (SSSR count). The monoisotopic (exact) mass is 172 g/mol. The number of nitrogens with zero attached hydrogens (tertiary/aromatic N) is 1. The molecule has 2 heteroatoms. The molecule has 0 bridgehead atoms. The summed E-state index contributed by atoms with van der Waals surface area (Å²) in [5, 5.41) is 0. The Morgan fingerprint density at radius 3 is 2.17 bits per heavy atom. The molecule has 0 fully saturated rings. The molecule has 0 aromatic carbocycles. The molecule has 0 amide bonds. The van der Waals surface area contributed by atoms with E-state index < -0.39 is 0 Å². The van der Waals surface area contributed by atoms with Crippen LogP contribution in [0.1, 0.15) is 39.5 Å². The first-order valence-electron chi connectivity index (χ1n) is 5.27. The minimum Gasteiger partial charge on any atom is -0.330 e. The van der Waals surface area contributed by atoms with E-state index in [-0.39, 0.29) is 0 Å². The Hall–Kier alpha value is -0.0800. The first-order valence-corrected chi connectivity index (χ1v) is 5.27. The molecule has 0 aliphatic carbocycles. The highest BCUT2D eigenvalue weighted by molar-refractivity contribution is 4.55. The van der Waals surface area contributed by atoms with Gasteiger partial charge in [0.15, 0.2) is 0 Å². The van der Waals surface area contributed by atoms with E-state index >= 15 is 0 Å². The van der Waals surface area contributed by atoms with Crippen LogP contribution in [0.25, 0.3) is 0 Å². The zero-order chi connectivity index (χ0) is 9.23. The van der Waals surface area contributed by atoms with Crippen molar-refractivity contribution in [1.29, 1.82) is 0 Å². The van der Waals surface area contributed by atoms with Crippen LogP contribution in [0, 0.1) is 0 Å². The van der Waals surface area contributed by atoms with Gasteiger partial charge in [0.05, 0.1) is 0 Å². The molecule has 0 aromatic heterocycles. The van der Waals surface area contributed by atoms with Gasteiger partial charge >= 0.3 is 0 Å². The van der Waals surface area contributed by atoms with Gasteiger partial charge in [-0.2, -0.15) is 0 Å². The maximum Gasteiger partial charge on any atom is -0.000683 e. The maximum absolute atomic E-state index is 5.46. The first-order chi connectivity index (χ1) is 5.85. The molecule has 2 N–H and O–H groups in total. The fraction of sp³-hybridized carbons (Fsp3) is 1.00. The van der Waals surface area contributed by atoms with Crippen LogP contribution in [0.4, 0.5) is 0 Å². The third kappa shape index (κ3) is 6.62. The normalized spacial score (nSPS) is 11.0. The third-order valence-corrected chi connectivity index (χ3v) is 2.20. The number of nitrogens with two attached hydrogens (primary N) is 1. The van der Waals surface area contributed by atoms with Crippen molar-refractivity contribution in [2.75, 3.05) is 26.2 Å². The van der Waals surface area contributed by atoms with E-state index in [9.17, 15) is 0 Å². The summed E-state index contributed by atoms with van der Waals surface area (Å²) in [6, 6.07) is 0. The lowest BCUT2D eigenvalue weighted by Crippen LogP contribution is -2.27. The van der Waals surface area contributed by atoms with Gasteiger partial charge in [-0.1, -0.05) is 26.7 Å². The van der Waals surface area contributed by atoms with Crippen LogP contribution in [-0.4, -0.2) is 31.1 Å². The molecule has 74 valence electrons. The van der Waals surface area contributed by atoms with Crippen molar-refractivity contribution in [1.82, 2.24) is 4.90 Å². The van der Waals surface area contributed by atoms with Crippen LogP contribution in [0.2, 0.25) is 0 Å². The third-order valence-electron chi connectivity index (χ3n) is 2.20. The van der Waals surface area contributed by atoms with E-state index in [4.69, 9.17) is 5.73 Å². The van der Waals surface area contributed by atoms with Crippen molar-refractivity contribution in [3.63, 3.8) is 0 Å². The Morgan fingerprint density at radius 2 is 1.67 bits per heavy atom. The van der Waals surface area contributed by atoms with Crippen molar-refractivity contribution in [3.05, 3.63) is 0 Å². The van der Waals surface area contributed by atoms with Gasteiger partial charge in [0, 0.05) is 0 Å². The van der Waals surface area contributed by atoms with Gasteiger partial charge in [0.25, 0.3) is 0 Å². The molecule has 0 spiro atoms. The highest BCUT2D eigenvalue weighted by Crippen LogP contribution is 1.98. The molecular weight excluding hydrogens is 148 g/mol. The van der Waals surface area contributed by atoms with Crippen LogP contribution in [0.3, 0.4) is 0 Å². The number of rotatable bonds is 8. The van der Waals surface area contributed by atoms with Gasteiger partial charge < -0.3 is 10.6 Å². The second-order valence-corrected chi connectivity index (χ2v) is 3.28. The average molecular weight is 172 g/mol. The lowest BCUT2D eigenvalue weighted by Gasteiger charge is -2.19. The Morgan fingerprint density at radius 1 is 1.00 bits per heavy atom. The van der Waals surface area contributed by atoms with E-state index in [0.717, 1.165) is 13.0 Å². The first kappa shape index (κ1) is 11.9. The summed E-state index contributed by atoms with van der Waals surface area (Å²) in [4.78, 5) is 2.49. The number of unbranched alkanes of at least 4 members (excludes halogenated alkanes) is 2. The quantitative estimate of drug-likeness (QED) is 0.566. The Balaban J connectivity index is 3.26. The summed E-state index contributed by atoms with van der Waals surface area (Å²) in [6.45, 7) is 8.90. The molecule has 0 aliphatic rings. The Labute approximate surface area is 77.1 Å². The Bertz CT molecular complexity index is 83.9. The fourth-order valence-electron chi connectivity index (χ4n) is 1.33. The van der Waals surface area contributed by atoms with Crippen molar-refractivity contribution < 1.29 is 0 Å². The summed E-state index contributed by atoms with van der Waals surface area (Å²) < 4.78 is 0. The summed E-state index contributed by atoms with van der Waals surface area (Å²) in [7, 11) is 0. The van der Waals surface area contributed by atoms with Crippen molar-refractivity contribution >= 4 is 0 Å². The van der Waals surface area contributed by atoms with Gasteiger partial charge in [-0.05, 0) is 39.0 Å². The van der Waals surface area contributed by atoms with Gasteiger partial charge in [-0.15, -0.1) is 0 Å². The smallest absolute Gasteiger partial charge is 0.000683 e. The molecule has 0 unspecified atom stereocenters. The molecular formula is C10H24N2.